The quantitative estimate of drug-likeness (QED) is 0.840. The number of aromatic hydroxyl groups is 1. The average Bonchev–Trinajstić information content (AvgIpc) is 2.29. The van der Waals surface area contributed by atoms with Gasteiger partial charge in [-0.25, -0.2) is 0 Å². The lowest BCUT2D eigenvalue weighted by Crippen LogP contribution is -2.34. The first-order valence-electron chi connectivity index (χ1n) is 5.49. The first kappa shape index (κ1) is 14.0. The zero-order valence-corrected chi connectivity index (χ0v) is 12.0. The van der Waals surface area contributed by atoms with Crippen LogP contribution in [0.15, 0.2) is 18.2 Å². The number of amides is 1. The van der Waals surface area contributed by atoms with Crippen molar-refractivity contribution in [2.45, 2.75) is 20.8 Å². The number of alkyl halides is 1. The van der Waals surface area contributed by atoms with Crippen molar-refractivity contribution >= 4 is 21.8 Å². The van der Waals surface area contributed by atoms with E-state index < -0.39 is 0 Å². The average molecular weight is 300 g/mol. The highest BCUT2D eigenvalue weighted by Gasteiger charge is 2.18. The van der Waals surface area contributed by atoms with Gasteiger partial charge in [-0.05, 0) is 24.5 Å². The molecule has 0 bridgehead atoms. The van der Waals surface area contributed by atoms with Gasteiger partial charge in [0, 0.05) is 11.9 Å². The molecule has 1 rings (SSSR count). The van der Waals surface area contributed by atoms with Gasteiger partial charge >= 0.3 is 0 Å². The van der Waals surface area contributed by atoms with Crippen LogP contribution in [0.25, 0.3) is 0 Å². The Labute approximate surface area is 110 Å². The van der Waals surface area contributed by atoms with E-state index >= 15 is 0 Å². The first-order chi connectivity index (χ1) is 7.85. The molecule has 0 heterocycles. The number of carbonyl (C=O) groups excluding carboxylic acids is 1. The number of phenols is 1. The van der Waals surface area contributed by atoms with Gasteiger partial charge in [0.05, 0.1) is 5.56 Å². The van der Waals surface area contributed by atoms with E-state index in [1.54, 1.807) is 18.2 Å². The highest BCUT2D eigenvalue weighted by Crippen LogP contribution is 2.20. The predicted molar refractivity (Wildman–Crippen MR) is 72.8 cm³/mol. The minimum atomic E-state index is -0.236. The van der Waals surface area contributed by atoms with Gasteiger partial charge in [0.2, 0.25) is 0 Å². The molecule has 1 amide bonds. The summed E-state index contributed by atoms with van der Waals surface area (Å²) in [6.07, 6.45) is 0. The Balaban J connectivity index is 2.74. The maximum Gasteiger partial charge on any atom is 0.255 e. The van der Waals surface area contributed by atoms with Gasteiger partial charge in [-0.2, -0.15) is 0 Å². The second-order valence-electron chi connectivity index (χ2n) is 5.00. The van der Waals surface area contributed by atoms with E-state index in [4.69, 9.17) is 0 Å². The second kappa shape index (κ2) is 5.54. The summed E-state index contributed by atoms with van der Waals surface area (Å²) in [4.78, 5) is 11.9. The maximum absolute atomic E-state index is 11.9. The van der Waals surface area contributed by atoms with Gasteiger partial charge in [0.15, 0.2) is 0 Å². The largest absolute Gasteiger partial charge is 0.507 e. The third kappa shape index (κ3) is 4.04. The highest BCUT2D eigenvalue weighted by molar-refractivity contribution is 9.09. The molecule has 0 saturated carbocycles. The molecule has 0 fully saturated rings. The van der Waals surface area contributed by atoms with Gasteiger partial charge in [-0.3, -0.25) is 4.79 Å². The van der Waals surface area contributed by atoms with Gasteiger partial charge in [-0.15, -0.1) is 0 Å². The fourth-order valence-electron chi connectivity index (χ4n) is 1.29. The minimum absolute atomic E-state index is 0.00486. The van der Waals surface area contributed by atoms with Crippen LogP contribution in [0.4, 0.5) is 0 Å². The van der Waals surface area contributed by atoms with E-state index in [1.807, 2.05) is 6.92 Å². The normalized spacial score (nSPS) is 11.3. The summed E-state index contributed by atoms with van der Waals surface area (Å²) in [5, 5.41) is 13.3. The van der Waals surface area contributed by atoms with Crippen LogP contribution in [0.1, 0.15) is 29.8 Å². The summed E-state index contributed by atoms with van der Waals surface area (Å²) in [6.45, 7) is 6.55. The Kier molecular flexibility index (Phi) is 4.57. The van der Waals surface area contributed by atoms with Crippen molar-refractivity contribution in [3.05, 3.63) is 29.3 Å². The van der Waals surface area contributed by atoms with E-state index in [1.165, 1.54) is 0 Å². The van der Waals surface area contributed by atoms with Crippen LogP contribution in [0.2, 0.25) is 0 Å². The molecule has 3 nitrogen and oxygen atoms in total. The summed E-state index contributed by atoms with van der Waals surface area (Å²) in [5.74, 6) is -0.218. The molecule has 0 aliphatic rings. The topological polar surface area (TPSA) is 49.3 Å². The number of hydrogen-bond acceptors (Lipinski definition) is 2. The van der Waals surface area contributed by atoms with E-state index in [0.29, 0.717) is 12.1 Å². The maximum atomic E-state index is 11.9. The number of benzene rings is 1. The smallest absolute Gasteiger partial charge is 0.255 e. The molecule has 0 spiro atoms. The number of phenolic OH excluding ortho intramolecular Hbond substituents is 1. The third-order valence-electron chi connectivity index (χ3n) is 2.49. The third-order valence-corrected chi connectivity index (χ3v) is 4.00. The fraction of sp³-hybridized carbons (Fsp3) is 0.462. The first-order valence-corrected chi connectivity index (χ1v) is 6.62. The summed E-state index contributed by atoms with van der Waals surface area (Å²) >= 11 is 3.40. The lowest BCUT2D eigenvalue weighted by Gasteiger charge is -2.22. The number of aryl methyl sites for hydroxylation is 1. The molecule has 0 saturated heterocycles. The molecular formula is C13H18BrNO2. The number of carbonyl (C=O) groups is 1. The Hall–Kier alpha value is -1.03. The number of hydrogen-bond donors (Lipinski definition) is 2. The van der Waals surface area contributed by atoms with Crippen molar-refractivity contribution in [3.63, 3.8) is 0 Å². The summed E-state index contributed by atoms with van der Waals surface area (Å²) in [5.41, 5.74) is 1.28. The number of halogens is 1. The van der Waals surface area contributed by atoms with Gasteiger partial charge in [-0.1, -0.05) is 41.4 Å². The van der Waals surface area contributed by atoms with Crippen LogP contribution in [-0.2, 0) is 0 Å². The summed E-state index contributed by atoms with van der Waals surface area (Å²) in [7, 11) is 0. The molecular weight excluding hydrogens is 282 g/mol. The minimum Gasteiger partial charge on any atom is -0.507 e. The van der Waals surface area contributed by atoms with Crippen molar-refractivity contribution in [1.82, 2.24) is 5.32 Å². The Morgan fingerprint density at radius 3 is 2.71 bits per heavy atom. The van der Waals surface area contributed by atoms with E-state index in [9.17, 15) is 9.90 Å². The van der Waals surface area contributed by atoms with Crippen LogP contribution in [0.3, 0.4) is 0 Å². The van der Waals surface area contributed by atoms with Crippen LogP contribution >= 0.6 is 15.9 Å². The van der Waals surface area contributed by atoms with Crippen LogP contribution in [-0.4, -0.2) is 22.9 Å². The molecule has 17 heavy (non-hydrogen) atoms. The Bertz CT molecular complexity index is 416. The Morgan fingerprint density at radius 1 is 1.47 bits per heavy atom. The molecule has 0 aliphatic heterocycles. The lowest BCUT2D eigenvalue weighted by atomic mass is 9.96. The molecule has 1 aromatic carbocycles. The number of nitrogens with one attached hydrogen (secondary N) is 1. The van der Waals surface area contributed by atoms with E-state index in [2.05, 4.69) is 35.1 Å². The van der Waals surface area contributed by atoms with Gasteiger partial charge < -0.3 is 10.4 Å². The van der Waals surface area contributed by atoms with Gasteiger partial charge in [0.25, 0.3) is 5.91 Å². The van der Waals surface area contributed by atoms with Crippen LogP contribution in [0, 0.1) is 12.3 Å². The summed E-state index contributed by atoms with van der Waals surface area (Å²) < 4.78 is 0. The molecule has 0 aliphatic carbocycles. The molecule has 94 valence electrons. The lowest BCUT2D eigenvalue weighted by molar-refractivity contribution is 0.0937. The van der Waals surface area contributed by atoms with E-state index in [0.717, 1.165) is 10.9 Å². The highest BCUT2D eigenvalue weighted by atomic mass is 79.9. The zero-order valence-electron chi connectivity index (χ0n) is 10.4. The standard InChI is InChI=1S/C13H18BrNO2/c1-9-4-5-11(16)10(6-9)12(17)15-8-13(2,3)7-14/h4-6,16H,7-8H2,1-3H3,(H,15,17). The zero-order chi connectivity index (χ0) is 13.1. The van der Waals surface area contributed by atoms with Crippen molar-refractivity contribution < 1.29 is 9.90 Å². The second-order valence-corrected chi connectivity index (χ2v) is 5.56. The Morgan fingerprint density at radius 2 is 2.12 bits per heavy atom. The molecule has 0 radical (unpaired) electrons. The molecule has 0 atom stereocenters. The van der Waals surface area contributed by atoms with Crippen molar-refractivity contribution in [2.24, 2.45) is 5.41 Å². The van der Waals surface area contributed by atoms with Crippen LogP contribution in [0.5, 0.6) is 5.75 Å². The molecule has 2 N–H and O–H groups in total. The van der Waals surface area contributed by atoms with Crippen molar-refractivity contribution in [1.29, 1.82) is 0 Å². The fourth-order valence-corrected chi connectivity index (χ4v) is 1.49. The molecule has 0 aromatic heterocycles. The molecule has 0 unspecified atom stereocenters. The summed E-state index contributed by atoms with van der Waals surface area (Å²) in [6, 6.07) is 5.00. The van der Waals surface area contributed by atoms with Crippen molar-refractivity contribution in [3.8, 4) is 5.75 Å². The van der Waals surface area contributed by atoms with Gasteiger partial charge in [0.1, 0.15) is 5.75 Å². The van der Waals surface area contributed by atoms with E-state index in [-0.39, 0.29) is 17.1 Å². The molecule has 4 heteroatoms. The monoisotopic (exact) mass is 299 g/mol. The molecule has 1 aromatic rings. The SMILES string of the molecule is Cc1ccc(O)c(C(=O)NCC(C)(C)CBr)c1. The number of rotatable bonds is 4. The van der Waals surface area contributed by atoms with Crippen LogP contribution < -0.4 is 5.32 Å². The predicted octanol–water partition coefficient (Wildman–Crippen LogP) is 2.85. The van der Waals surface area contributed by atoms with Crippen molar-refractivity contribution in [2.75, 3.05) is 11.9 Å².